The van der Waals surface area contributed by atoms with E-state index < -0.39 is 11.5 Å². The first kappa shape index (κ1) is 16.5. The summed E-state index contributed by atoms with van der Waals surface area (Å²) in [6.07, 6.45) is 0.740. The monoisotopic (exact) mass is 341 g/mol. The predicted octanol–water partition coefficient (Wildman–Crippen LogP) is 3.83. The summed E-state index contributed by atoms with van der Waals surface area (Å²) in [5.41, 5.74) is 1.18. The first-order valence-electron chi connectivity index (χ1n) is 7.83. The number of aryl methyl sites for hydroxylation is 2. The van der Waals surface area contributed by atoms with Gasteiger partial charge in [-0.05, 0) is 44.5 Å². The van der Waals surface area contributed by atoms with Gasteiger partial charge in [0.2, 0.25) is 0 Å². The molecule has 0 saturated carbocycles. The van der Waals surface area contributed by atoms with E-state index in [-0.39, 0.29) is 11.6 Å². The van der Waals surface area contributed by atoms with Gasteiger partial charge in [0.05, 0.1) is 0 Å². The maximum absolute atomic E-state index is 12.4. The molecule has 124 valence electrons. The number of carbonyl (C=O) groups excluding carboxylic acids is 1. The standard InChI is InChI=1S/C19H19NO3S/c1-11-8-15(24-13(11)3)9-12(2)20-18(21)16-10-14-6-4-5-7-17(14)23-19(16)22/h4-8,10,12H,9H2,1-3H3,(H,20,21). The molecule has 24 heavy (non-hydrogen) atoms. The van der Waals surface area contributed by atoms with Gasteiger partial charge in [0, 0.05) is 27.6 Å². The second kappa shape index (κ2) is 6.61. The molecule has 1 unspecified atom stereocenters. The van der Waals surface area contributed by atoms with Gasteiger partial charge in [0.1, 0.15) is 11.1 Å². The van der Waals surface area contributed by atoms with Crippen molar-refractivity contribution < 1.29 is 9.21 Å². The third-order valence-electron chi connectivity index (χ3n) is 3.99. The Bertz CT molecular complexity index is 935. The number of hydrogen-bond donors (Lipinski definition) is 1. The zero-order chi connectivity index (χ0) is 17.3. The third kappa shape index (κ3) is 3.41. The molecule has 4 nitrogen and oxygen atoms in total. The highest BCUT2D eigenvalue weighted by Crippen LogP contribution is 2.22. The van der Waals surface area contributed by atoms with Crippen LogP contribution >= 0.6 is 11.3 Å². The van der Waals surface area contributed by atoms with Gasteiger partial charge in [-0.2, -0.15) is 0 Å². The third-order valence-corrected chi connectivity index (χ3v) is 5.16. The number of rotatable bonds is 4. The lowest BCUT2D eigenvalue weighted by Gasteiger charge is -2.12. The average Bonchev–Trinajstić information content (AvgIpc) is 2.84. The van der Waals surface area contributed by atoms with Crippen LogP contribution in [0.2, 0.25) is 0 Å². The Morgan fingerprint density at radius 1 is 1.25 bits per heavy atom. The Balaban J connectivity index is 1.76. The first-order chi connectivity index (χ1) is 11.4. The number of carbonyl (C=O) groups is 1. The van der Waals surface area contributed by atoms with Crippen LogP contribution in [-0.4, -0.2) is 11.9 Å². The molecule has 2 aromatic heterocycles. The summed E-state index contributed by atoms with van der Waals surface area (Å²) in [5, 5.41) is 3.62. The Hall–Kier alpha value is -2.40. The Morgan fingerprint density at radius 3 is 2.71 bits per heavy atom. The fraction of sp³-hybridized carbons (Fsp3) is 0.263. The van der Waals surface area contributed by atoms with E-state index in [9.17, 15) is 9.59 Å². The molecule has 0 aliphatic heterocycles. The molecular weight excluding hydrogens is 322 g/mol. The van der Waals surface area contributed by atoms with E-state index in [0.717, 1.165) is 11.8 Å². The minimum Gasteiger partial charge on any atom is -0.422 e. The van der Waals surface area contributed by atoms with Gasteiger partial charge in [-0.25, -0.2) is 4.79 Å². The van der Waals surface area contributed by atoms with Crippen LogP contribution in [0.5, 0.6) is 0 Å². The molecule has 1 aromatic carbocycles. The van der Waals surface area contributed by atoms with Crippen molar-refractivity contribution in [2.24, 2.45) is 0 Å². The van der Waals surface area contributed by atoms with E-state index in [2.05, 4.69) is 25.2 Å². The predicted molar refractivity (Wildman–Crippen MR) is 96.9 cm³/mol. The van der Waals surface area contributed by atoms with Crippen molar-refractivity contribution >= 4 is 28.2 Å². The van der Waals surface area contributed by atoms with Crippen LogP contribution in [-0.2, 0) is 6.42 Å². The van der Waals surface area contributed by atoms with Gasteiger partial charge in [-0.1, -0.05) is 18.2 Å². The first-order valence-corrected chi connectivity index (χ1v) is 8.65. The second-order valence-electron chi connectivity index (χ2n) is 6.02. The largest absolute Gasteiger partial charge is 0.422 e. The molecule has 0 spiro atoms. The minimum atomic E-state index is -0.610. The molecule has 1 amide bonds. The van der Waals surface area contributed by atoms with Crippen molar-refractivity contribution in [3.05, 3.63) is 67.7 Å². The lowest BCUT2D eigenvalue weighted by atomic mass is 10.1. The maximum atomic E-state index is 12.4. The van der Waals surface area contributed by atoms with Crippen LogP contribution in [0.15, 0.2) is 45.6 Å². The molecule has 0 aliphatic carbocycles. The Morgan fingerprint density at radius 2 is 2.00 bits per heavy atom. The number of benzene rings is 1. The summed E-state index contributed by atoms with van der Waals surface area (Å²) < 4.78 is 5.22. The topological polar surface area (TPSA) is 59.3 Å². The number of hydrogen-bond acceptors (Lipinski definition) is 4. The highest BCUT2D eigenvalue weighted by Gasteiger charge is 2.16. The smallest absolute Gasteiger partial charge is 0.349 e. The normalized spacial score (nSPS) is 12.3. The number of amides is 1. The molecule has 0 aliphatic rings. The maximum Gasteiger partial charge on any atom is 0.349 e. The van der Waals surface area contributed by atoms with Crippen molar-refractivity contribution in [1.29, 1.82) is 0 Å². The van der Waals surface area contributed by atoms with Crippen LogP contribution in [0.25, 0.3) is 11.0 Å². The van der Waals surface area contributed by atoms with Crippen molar-refractivity contribution in [1.82, 2.24) is 5.32 Å². The van der Waals surface area contributed by atoms with Crippen molar-refractivity contribution in [3.63, 3.8) is 0 Å². The minimum absolute atomic E-state index is 0.0408. The molecule has 0 saturated heterocycles. The van der Waals surface area contributed by atoms with E-state index in [1.54, 1.807) is 29.5 Å². The van der Waals surface area contributed by atoms with Crippen LogP contribution < -0.4 is 10.9 Å². The summed E-state index contributed by atoms with van der Waals surface area (Å²) in [4.78, 5) is 27.0. The molecule has 3 rings (SSSR count). The van der Waals surface area contributed by atoms with Crippen LogP contribution in [0.4, 0.5) is 0 Å². The number of nitrogens with one attached hydrogen (secondary N) is 1. The van der Waals surface area contributed by atoms with Gasteiger partial charge in [-0.15, -0.1) is 11.3 Å². The van der Waals surface area contributed by atoms with E-state index in [0.29, 0.717) is 5.58 Å². The summed E-state index contributed by atoms with van der Waals surface area (Å²) in [6, 6.07) is 10.8. The summed E-state index contributed by atoms with van der Waals surface area (Å²) >= 11 is 1.74. The van der Waals surface area contributed by atoms with Crippen molar-refractivity contribution in [3.8, 4) is 0 Å². The van der Waals surface area contributed by atoms with Gasteiger partial charge >= 0.3 is 5.63 Å². The quantitative estimate of drug-likeness (QED) is 0.734. The van der Waals surface area contributed by atoms with Crippen LogP contribution in [0.3, 0.4) is 0 Å². The van der Waals surface area contributed by atoms with Gasteiger partial charge in [-0.3, -0.25) is 4.79 Å². The van der Waals surface area contributed by atoms with Gasteiger partial charge < -0.3 is 9.73 Å². The molecule has 0 bridgehead atoms. The molecule has 3 aromatic rings. The summed E-state index contributed by atoms with van der Waals surface area (Å²) in [6.45, 7) is 6.11. The second-order valence-corrected chi connectivity index (χ2v) is 7.36. The zero-order valence-electron chi connectivity index (χ0n) is 13.9. The van der Waals surface area contributed by atoms with E-state index in [1.807, 2.05) is 19.1 Å². The molecule has 0 radical (unpaired) electrons. The Kier molecular flexibility index (Phi) is 4.53. The van der Waals surface area contributed by atoms with E-state index in [4.69, 9.17) is 4.42 Å². The molecule has 1 N–H and O–H groups in total. The highest BCUT2D eigenvalue weighted by molar-refractivity contribution is 7.12. The molecule has 1 atom stereocenters. The number of para-hydroxylation sites is 1. The van der Waals surface area contributed by atoms with Crippen LogP contribution in [0, 0.1) is 13.8 Å². The molecule has 2 heterocycles. The fourth-order valence-corrected chi connectivity index (χ4v) is 3.81. The number of fused-ring (bicyclic) bond motifs is 1. The van der Waals surface area contributed by atoms with Crippen LogP contribution in [0.1, 0.15) is 32.6 Å². The lowest BCUT2D eigenvalue weighted by Crippen LogP contribution is -2.36. The van der Waals surface area contributed by atoms with E-state index >= 15 is 0 Å². The Labute approximate surface area is 144 Å². The average molecular weight is 341 g/mol. The van der Waals surface area contributed by atoms with Crippen molar-refractivity contribution in [2.75, 3.05) is 0 Å². The van der Waals surface area contributed by atoms with Gasteiger partial charge in [0.25, 0.3) is 5.91 Å². The molecular formula is C19H19NO3S. The lowest BCUT2D eigenvalue weighted by molar-refractivity contribution is 0.0936. The number of thiophene rings is 1. The summed E-state index contributed by atoms with van der Waals surface area (Å²) in [7, 11) is 0. The summed E-state index contributed by atoms with van der Waals surface area (Å²) in [5.74, 6) is -0.396. The molecule has 0 fully saturated rings. The fourth-order valence-electron chi connectivity index (χ4n) is 2.62. The highest BCUT2D eigenvalue weighted by atomic mass is 32.1. The van der Waals surface area contributed by atoms with E-state index in [1.165, 1.54) is 15.3 Å². The van der Waals surface area contributed by atoms with Gasteiger partial charge in [0.15, 0.2) is 0 Å². The van der Waals surface area contributed by atoms with Crippen molar-refractivity contribution in [2.45, 2.75) is 33.2 Å². The SMILES string of the molecule is Cc1cc(CC(C)NC(=O)c2cc3ccccc3oc2=O)sc1C. The molecule has 5 heteroatoms. The zero-order valence-corrected chi connectivity index (χ0v) is 14.7.